The summed E-state index contributed by atoms with van der Waals surface area (Å²) in [6.45, 7) is 2.51. The van der Waals surface area contributed by atoms with E-state index < -0.39 is 11.6 Å². The minimum absolute atomic E-state index is 0.271. The molecule has 1 rings (SSSR count). The third-order valence-electron chi connectivity index (χ3n) is 2.43. The van der Waals surface area contributed by atoms with Crippen molar-refractivity contribution in [1.29, 1.82) is 0 Å². The highest BCUT2D eigenvalue weighted by molar-refractivity contribution is 5.20. The average molecular weight is 214 g/mol. The molecular formula is C11H16F2N2. The van der Waals surface area contributed by atoms with Gasteiger partial charge >= 0.3 is 0 Å². The minimum Gasteiger partial charge on any atom is -0.330 e. The van der Waals surface area contributed by atoms with Crippen LogP contribution in [0.1, 0.15) is 24.9 Å². The lowest BCUT2D eigenvalue weighted by molar-refractivity contribution is 0.473. The zero-order valence-electron chi connectivity index (χ0n) is 8.71. The number of halogens is 2. The molecule has 2 nitrogen and oxygen atoms in total. The van der Waals surface area contributed by atoms with E-state index >= 15 is 0 Å². The lowest BCUT2D eigenvalue weighted by atomic mass is 9.96. The second kappa shape index (κ2) is 5.19. The zero-order chi connectivity index (χ0) is 11.4. The van der Waals surface area contributed by atoms with E-state index in [2.05, 4.69) is 0 Å². The van der Waals surface area contributed by atoms with E-state index in [-0.39, 0.29) is 12.0 Å². The lowest BCUT2D eigenvalue weighted by Gasteiger charge is -2.16. The fraction of sp³-hybridized carbons (Fsp3) is 0.455. The summed E-state index contributed by atoms with van der Waals surface area (Å²) in [5.41, 5.74) is 11.9. The summed E-state index contributed by atoms with van der Waals surface area (Å²) in [5.74, 6) is -1.44. The van der Waals surface area contributed by atoms with Gasteiger partial charge in [0.2, 0.25) is 0 Å². The molecule has 0 amide bonds. The Labute approximate surface area is 88.3 Å². The largest absolute Gasteiger partial charge is 0.330 e. The fourth-order valence-electron chi connectivity index (χ4n) is 1.41. The molecule has 1 aromatic carbocycles. The molecule has 4 heteroatoms. The molecule has 0 radical (unpaired) electrons. The second-order valence-corrected chi connectivity index (χ2v) is 3.86. The van der Waals surface area contributed by atoms with Crippen LogP contribution in [0.25, 0.3) is 0 Å². The maximum Gasteiger partial charge on any atom is 0.159 e. The van der Waals surface area contributed by atoms with Gasteiger partial charge in [-0.05, 0) is 36.6 Å². The van der Waals surface area contributed by atoms with E-state index in [1.165, 1.54) is 6.07 Å². The van der Waals surface area contributed by atoms with Crippen LogP contribution in [0.15, 0.2) is 18.2 Å². The standard InChI is InChI=1S/C11H16F2N2/c1-7(6-14)4-11(15)8-2-3-9(12)10(13)5-8/h2-3,5,7,11H,4,6,14-15H2,1H3. The van der Waals surface area contributed by atoms with Crippen LogP contribution in [0, 0.1) is 17.6 Å². The van der Waals surface area contributed by atoms with Crippen LogP contribution in [0.5, 0.6) is 0 Å². The van der Waals surface area contributed by atoms with Gasteiger partial charge in [-0.15, -0.1) is 0 Å². The quantitative estimate of drug-likeness (QED) is 0.804. The van der Waals surface area contributed by atoms with E-state index in [4.69, 9.17) is 11.5 Å². The van der Waals surface area contributed by atoms with Crippen LogP contribution in [-0.4, -0.2) is 6.54 Å². The van der Waals surface area contributed by atoms with E-state index in [1.807, 2.05) is 6.92 Å². The monoisotopic (exact) mass is 214 g/mol. The van der Waals surface area contributed by atoms with Crippen molar-refractivity contribution < 1.29 is 8.78 Å². The Morgan fingerprint density at radius 1 is 1.27 bits per heavy atom. The van der Waals surface area contributed by atoms with Crippen LogP contribution < -0.4 is 11.5 Å². The van der Waals surface area contributed by atoms with Crippen molar-refractivity contribution >= 4 is 0 Å². The molecule has 0 fully saturated rings. The van der Waals surface area contributed by atoms with E-state index in [0.717, 1.165) is 12.1 Å². The third-order valence-corrected chi connectivity index (χ3v) is 2.43. The molecule has 0 aliphatic carbocycles. The Morgan fingerprint density at radius 2 is 1.93 bits per heavy atom. The number of rotatable bonds is 4. The molecule has 0 bridgehead atoms. The first-order valence-electron chi connectivity index (χ1n) is 4.95. The van der Waals surface area contributed by atoms with Gasteiger partial charge in [0.1, 0.15) is 0 Å². The van der Waals surface area contributed by atoms with Crippen molar-refractivity contribution in [3.05, 3.63) is 35.4 Å². The Bertz CT molecular complexity index is 328. The van der Waals surface area contributed by atoms with Crippen molar-refractivity contribution in [3.8, 4) is 0 Å². The highest BCUT2D eigenvalue weighted by atomic mass is 19.2. The van der Waals surface area contributed by atoms with Gasteiger partial charge in [0.15, 0.2) is 11.6 Å². The second-order valence-electron chi connectivity index (χ2n) is 3.86. The molecule has 0 saturated heterocycles. The molecule has 0 aliphatic rings. The molecule has 0 spiro atoms. The van der Waals surface area contributed by atoms with Crippen molar-refractivity contribution in [2.45, 2.75) is 19.4 Å². The number of benzene rings is 1. The van der Waals surface area contributed by atoms with Gasteiger partial charge in [0.05, 0.1) is 0 Å². The summed E-state index contributed by atoms with van der Waals surface area (Å²) < 4.78 is 25.6. The Kier molecular flexibility index (Phi) is 4.17. The van der Waals surface area contributed by atoms with E-state index in [0.29, 0.717) is 18.5 Å². The van der Waals surface area contributed by atoms with E-state index in [9.17, 15) is 8.78 Å². The maximum atomic E-state index is 12.9. The molecule has 84 valence electrons. The summed E-state index contributed by atoms with van der Waals surface area (Å²) >= 11 is 0. The van der Waals surface area contributed by atoms with Gasteiger partial charge in [-0.1, -0.05) is 13.0 Å². The highest BCUT2D eigenvalue weighted by Crippen LogP contribution is 2.20. The van der Waals surface area contributed by atoms with Gasteiger partial charge in [0.25, 0.3) is 0 Å². The van der Waals surface area contributed by atoms with Crippen LogP contribution in [-0.2, 0) is 0 Å². The van der Waals surface area contributed by atoms with Gasteiger partial charge in [-0.3, -0.25) is 0 Å². The predicted molar refractivity (Wildman–Crippen MR) is 56.1 cm³/mol. The minimum atomic E-state index is -0.858. The van der Waals surface area contributed by atoms with Gasteiger partial charge in [0, 0.05) is 6.04 Å². The predicted octanol–water partition coefficient (Wildman–Crippen LogP) is 1.95. The van der Waals surface area contributed by atoms with Crippen molar-refractivity contribution in [3.63, 3.8) is 0 Å². The normalized spacial score (nSPS) is 15.0. The first-order chi connectivity index (χ1) is 7.04. The summed E-state index contributed by atoms with van der Waals surface area (Å²) in [6.07, 6.45) is 0.668. The highest BCUT2D eigenvalue weighted by Gasteiger charge is 2.12. The molecule has 2 unspecified atom stereocenters. The van der Waals surface area contributed by atoms with Crippen LogP contribution in [0.2, 0.25) is 0 Å². The Hall–Kier alpha value is -1.00. The van der Waals surface area contributed by atoms with E-state index in [1.54, 1.807) is 0 Å². The molecule has 0 saturated carbocycles. The van der Waals surface area contributed by atoms with Crippen LogP contribution in [0.4, 0.5) is 8.78 Å². The first-order valence-corrected chi connectivity index (χ1v) is 4.95. The molecule has 0 heterocycles. The zero-order valence-corrected chi connectivity index (χ0v) is 8.71. The number of hydrogen-bond donors (Lipinski definition) is 2. The van der Waals surface area contributed by atoms with Gasteiger partial charge < -0.3 is 11.5 Å². The Morgan fingerprint density at radius 3 is 2.47 bits per heavy atom. The molecule has 0 aliphatic heterocycles. The van der Waals surface area contributed by atoms with Gasteiger partial charge in [-0.2, -0.15) is 0 Å². The summed E-state index contributed by atoms with van der Waals surface area (Å²) in [7, 11) is 0. The fourth-order valence-corrected chi connectivity index (χ4v) is 1.41. The lowest BCUT2D eigenvalue weighted by Crippen LogP contribution is -2.19. The SMILES string of the molecule is CC(CN)CC(N)c1ccc(F)c(F)c1. The smallest absolute Gasteiger partial charge is 0.159 e. The third kappa shape index (κ3) is 3.25. The number of hydrogen-bond acceptors (Lipinski definition) is 2. The first kappa shape index (κ1) is 12.1. The summed E-state index contributed by atoms with van der Waals surface area (Å²) in [4.78, 5) is 0. The summed E-state index contributed by atoms with van der Waals surface area (Å²) in [5, 5.41) is 0. The summed E-state index contributed by atoms with van der Waals surface area (Å²) in [6, 6.07) is 3.45. The maximum absolute atomic E-state index is 12.9. The molecule has 0 aromatic heterocycles. The Balaban J connectivity index is 2.73. The van der Waals surface area contributed by atoms with Crippen molar-refractivity contribution in [2.24, 2.45) is 17.4 Å². The van der Waals surface area contributed by atoms with Crippen molar-refractivity contribution in [1.82, 2.24) is 0 Å². The topological polar surface area (TPSA) is 52.0 Å². The van der Waals surface area contributed by atoms with Crippen LogP contribution >= 0.6 is 0 Å². The van der Waals surface area contributed by atoms with Gasteiger partial charge in [-0.25, -0.2) is 8.78 Å². The average Bonchev–Trinajstić information content (AvgIpc) is 2.21. The molecule has 1 aromatic rings. The molecule has 4 N–H and O–H groups in total. The molecule has 15 heavy (non-hydrogen) atoms. The van der Waals surface area contributed by atoms with Crippen LogP contribution in [0.3, 0.4) is 0 Å². The van der Waals surface area contributed by atoms with Crippen molar-refractivity contribution in [2.75, 3.05) is 6.54 Å². The number of nitrogens with two attached hydrogens (primary N) is 2. The molecular weight excluding hydrogens is 198 g/mol. The molecule has 2 atom stereocenters.